The lowest BCUT2D eigenvalue weighted by Gasteiger charge is -2.06. The normalized spacial score (nSPS) is 10.8. The number of nitrogens with one attached hydrogen (secondary N) is 9. The molecule has 25 heteroatoms. The zero-order valence-corrected chi connectivity index (χ0v) is 36.1. The Morgan fingerprint density at radius 1 is 0.562 bits per heavy atom. The second kappa shape index (κ2) is 21.0. The minimum absolute atomic E-state index is 0.0302. The SMILES string of the molecule is CCCNC(=O)CCNC(=O)c1nc(NC(=O)CCNC(=O)c2cc(NC(=O)c3nc(NC(=O)CCNC(=O)c4cc(NC(=O)c5nc(N)cn5C)cn4C)cn3C)c(C)[nH]2)cn1C. The molecule has 0 saturated carbocycles. The number of nitrogens with two attached hydrogens (primary N) is 1. The van der Waals surface area contributed by atoms with Crippen LogP contribution in [0.25, 0.3) is 0 Å². The Morgan fingerprint density at radius 2 is 1.08 bits per heavy atom. The highest BCUT2D eigenvalue weighted by Crippen LogP contribution is 2.19. The van der Waals surface area contributed by atoms with Gasteiger partial charge in [-0.05, 0) is 25.5 Å². The van der Waals surface area contributed by atoms with Crippen molar-refractivity contribution >= 4 is 76.1 Å². The molecule has 5 rings (SSSR count). The first-order valence-electron chi connectivity index (χ1n) is 20.0. The molecule has 0 fully saturated rings. The number of hydrogen-bond acceptors (Lipinski definition) is 12. The molecule has 5 aromatic heterocycles. The number of carbonyl (C=O) groups is 8. The summed E-state index contributed by atoms with van der Waals surface area (Å²) in [5.74, 6) is -3.33. The highest BCUT2D eigenvalue weighted by Gasteiger charge is 2.21. The van der Waals surface area contributed by atoms with Gasteiger partial charge in [0.25, 0.3) is 29.5 Å². The largest absolute Gasteiger partial charge is 0.382 e. The van der Waals surface area contributed by atoms with E-state index >= 15 is 0 Å². The lowest BCUT2D eigenvalue weighted by atomic mass is 10.3. The Kier molecular flexibility index (Phi) is 15.4. The van der Waals surface area contributed by atoms with Crippen molar-refractivity contribution in [1.29, 1.82) is 0 Å². The van der Waals surface area contributed by atoms with E-state index in [0.29, 0.717) is 17.9 Å². The number of anilines is 5. The number of hydrogen-bond donors (Lipinski definition) is 10. The number of carbonyl (C=O) groups excluding carboxylic acids is 8. The van der Waals surface area contributed by atoms with Gasteiger partial charge in [0.15, 0.2) is 11.6 Å². The van der Waals surface area contributed by atoms with Crippen molar-refractivity contribution in [3.05, 3.63) is 71.5 Å². The van der Waals surface area contributed by atoms with Crippen LogP contribution < -0.4 is 48.3 Å². The summed E-state index contributed by atoms with van der Waals surface area (Å²) in [5.41, 5.74) is 7.09. The molecule has 8 amide bonds. The molecule has 0 aromatic carbocycles. The second-order valence-corrected chi connectivity index (χ2v) is 14.5. The van der Waals surface area contributed by atoms with E-state index in [1.807, 2.05) is 6.92 Å². The predicted molar refractivity (Wildman–Crippen MR) is 232 cm³/mol. The number of aromatic nitrogens is 8. The van der Waals surface area contributed by atoms with Gasteiger partial charge < -0.3 is 71.5 Å². The first kappa shape index (κ1) is 46.8. The number of H-pyrrole nitrogens is 1. The molecule has 25 nitrogen and oxygen atoms in total. The van der Waals surface area contributed by atoms with Crippen LogP contribution in [-0.4, -0.2) is 112 Å². The van der Waals surface area contributed by atoms with Crippen LogP contribution in [0, 0.1) is 6.92 Å². The highest BCUT2D eigenvalue weighted by molar-refractivity contribution is 6.05. The van der Waals surface area contributed by atoms with Gasteiger partial charge in [-0.3, -0.25) is 38.4 Å². The van der Waals surface area contributed by atoms with E-state index in [0.717, 1.165) is 6.42 Å². The molecule has 0 aliphatic rings. The third-order valence-electron chi connectivity index (χ3n) is 9.28. The third kappa shape index (κ3) is 12.4. The lowest BCUT2D eigenvalue weighted by Crippen LogP contribution is -2.32. The standard InChI is InChI=1S/C39H51N17O8/c1-7-11-41-29(57)8-12-44-37(62)32-51-27(19-55(32)5)49-30(58)9-13-42-35(60)24-16-23(21(2)45-24)47-39(64)34-52-28(20-56(34)6)50-31(59)10-14-43-36(61)25-15-22(17-53(25)3)46-38(63)33-48-26(40)18-54(33)4/h15-20,45H,7-14,40H2,1-6H3,(H,41,57)(H,42,60)(H,43,61)(H,44,62)(H,46,63)(H,47,64)(H,49,58)(H,50,59). The Balaban J connectivity index is 1.03. The smallest absolute Gasteiger partial charge is 0.291 e. The molecule has 0 unspecified atom stereocenters. The summed E-state index contributed by atoms with van der Waals surface area (Å²) in [6.07, 6.45) is 6.62. The van der Waals surface area contributed by atoms with Crippen LogP contribution in [0.4, 0.5) is 28.8 Å². The molecule has 0 aliphatic carbocycles. The van der Waals surface area contributed by atoms with Crippen molar-refractivity contribution < 1.29 is 38.4 Å². The van der Waals surface area contributed by atoms with E-state index in [1.54, 1.807) is 41.3 Å². The number of nitrogens with zero attached hydrogens (tertiary/aromatic N) is 7. The van der Waals surface area contributed by atoms with Gasteiger partial charge in [-0.1, -0.05) is 6.92 Å². The fourth-order valence-electron chi connectivity index (χ4n) is 6.11. The van der Waals surface area contributed by atoms with Crippen molar-refractivity contribution in [3.8, 4) is 0 Å². The molecular formula is C39H51N17O8. The van der Waals surface area contributed by atoms with E-state index in [4.69, 9.17) is 5.73 Å². The Morgan fingerprint density at radius 3 is 1.66 bits per heavy atom. The van der Waals surface area contributed by atoms with Crippen LogP contribution in [0.3, 0.4) is 0 Å². The Bertz CT molecular complexity index is 2570. The zero-order valence-electron chi connectivity index (χ0n) is 36.1. The minimum atomic E-state index is -0.631. The summed E-state index contributed by atoms with van der Waals surface area (Å²) in [6.45, 7) is 4.18. The number of amides is 8. The van der Waals surface area contributed by atoms with E-state index in [1.165, 1.54) is 49.0 Å². The maximum absolute atomic E-state index is 13.2. The van der Waals surface area contributed by atoms with Crippen LogP contribution in [-0.2, 0) is 42.6 Å². The number of nitrogen functional groups attached to an aromatic ring is 1. The first-order valence-corrected chi connectivity index (χ1v) is 20.0. The molecule has 11 N–H and O–H groups in total. The molecule has 5 heterocycles. The molecule has 0 radical (unpaired) electrons. The van der Waals surface area contributed by atoms with Crippen LogP contribution in [0.1, 0.15) is 91.1 Å². The van der Waals surface area contributed by atoms with Crippen molar-refractivity contribution in [2.75, 3.05) is 53.2 Å². The molecule has 64 heavy (non-hydrogen) atoms. The summed E-state index contributed by atoms with van der Waals surface area (Å²) >= 11 is 0. The third-order valence-corrected chi connectivity index (χ3v) is 9.28. The van der Waals surface area contributed by atoms with Gasteiger partial charge in [-0.2, -0.15) is 0 Å². The van der Waals surface area contributed by atoms with Gasteiger partial charge in [-0.25, -0.2) is 15.0 Å². The molecule has 340 valence electrons. The van der Waals surface area contributed by atoms with Gasteiger partial charge in [0.05, 0.1) is 11.4 Å². The molecule has 0 aliphatic heterocycles. The predicted octanol–water partition coefficient (Wildman–Crippen LogP) is 0.112. The molecule has 0 bridgehead atoms. The number of aromatic amines is 1. The monoisotopic (exact) mass is 885 g/mol. The van der Waals surface area contributed by atoms with Crippen molar-refractivity contribution in [3.63, 3.8) is 0 Å². The van der Waals surface area contributed by atoms with Gasteiger partial charge >= 0.3 is 0 Å². The number of aryl methyl sites for hydroxylation is 5. The maximum atomic E-state index is 13.2. The summed E-state index contributed by atoms with van der Waals surface area (Å²) < 4.78 is 5.83. The Hall–Kier alpha value is -8.25. The summed E-state index contributed by atoms with van der Waals surface area (Å²) in [7, 11) is 6.39. The zero-order chi connectivity index (χ0) is 46.7. The number of imidazole rings is 3. The highest BCUT2D eigenvalue weighted by atomic mass is 16.2. The van der Waals surface area contributed by atoms with Crippen molar-refractivity contribution in [1.82, 2.24) is 59.5 Å². The minimum Gasteiger partial charge on any atom is -0.382 e. The Labute approximate surface area is 365 Å². The lowest BCUT2D eigenvalue weighted by molar-refractivity contribution is -0.121. The van der Waals surface area contributed by atoms with Crippen molar-refractivity contribution in [2.24, 2.45) is 28.2 Å². The van der Waals surface area contributed by atoms with Gasteiger partial charge in [-0.15, -0.1) is 0 Å². The van der Waals surface area contributed by atoms with E-state index in [9.17, 15) is 38.4 Å². The fraction of sp³-hybridized carbons (Fsp3) is 0.359. The topological polar surface area (TPSA) is 333 Å². The van der Waals surface area contributed by atoms with Crippen LogP contribution in [0.2, 0.25) is 0 Å². The summed E-state index contributed by atoms with van der Waals surface area (Å²) in [6, 6.07) is 2.90. The van der Waals surface area contributed by atoms with E-state index < -0.39 is 41.4 Å². The summed E-state index contributed by atoms with van der Waals surface area (Å²) in [4.78, 5) is 116. The second-order valence-electron chi connectivity index (χ2n) is 14.5. The van der Waals surface area contributed by atoms with Gasteiger partial charge in [0.2, 0.25) is 35.2 Å². The number of rotatable bonds is 20. The van der Waals surface area contributed by atoms with Crippen LogP contribution in [0.5, 0.6) is 0 Å². The van der Waals surface area contributed by atoms with Crippen LogP contribution >= 0.6 is 0 Å². The van der Waals surface area contributed by atoms with E-state index in [2.05, 4.69) is 62.5 Å². The van der Waals surface area contributed by atoms with Gasteiger partial charge in [0.1, 0.15) is 17.2 Å². The molecule has 5 aromatic rings. The summed E-state index contributed by atoms with van der Waals surface area (Å²) in [5, 5.41) is 21.2. The molecule has 0 atom stereocenters. The molecular weight excluding hydrogens is 835 g/mol. The quantitative estimate of drug-likeness (QED) is 0.0498. The first-order chi connectivity index (χ1) is 30.4. The maximum Gasteiger partial charge on any atom is 0.291 e. The average Bonchev–Trinajstić information content (AvgIpc) is 4.05. The van der Waals surface area contributed by atoms with E-state index in [-0.39, 0.29) is 96.8 Å². The average molecular weight is 886 g/mol. The molecule has 0 saturated heterocycles. The van der Waals surface area contributed by atoms with Crippen molar-refractivity contribution in [2.45, 2.75) is 39.5 Å². The van der Waals surface area contributed by atoms with Gasteiger partial charge in [0, 0.05) is 104 Å². The van der Waals surface area contributed by atoms with Crippen LogP contribution in [0.15, 0.2) is 36.9 Å². The fourth-order valence-corrected chi connectivity index (χ4v) is 6.11. The molecule has 0 spiro atoms.